The van der Waals surface area contributed by atoms with E-state index in [4.69, 9.17) is 23.2 Å². The highest BCUT2D eigenvalue weighted by Crippen LogP contribution is 2.39. The highest BCUT2D eigenvalue weighted by Gasteiger charge is 2.39. The Kier molecular flexibility index (Phi) is 3.51. The van der Waals surface area contributed by atoms with Crippen molar-refractivity contribution < 1.29 is 18.0 Å². The second-order valence-electron chi connectivity index (χ2n) is 3.43. The topological polar surface area (TPSA) is 58.6 Å². The van der Waals surface area contributed by atoms with Gasteiger partial charge in [-0.15, -0.1) is 0 Å². The molecule has 0 bridgehead atoms. The summed E-state index contributed by atoms with van der Waals surface area (Å²) in [6.45, 7) is 0. The first-order valence-corrected chi connectivity index (χ1v) is 5.54. The molecule has 0 fully saturated rings. The fraction of sp³-hybridized carbons (Fsp3) is 0.100. The fourth-order valence-corrected chi connectivity index (χ4v) is 1.84. The maximum Gasteiger partial charge on any atom is 0.433 e. The second kappa shape index (κ2) is 4.82. The molecule has 0 amide bonds. The number of hydrogen-bond acceptors (Lipinski definition) is 3. The molecule has 0 aliphatic rings. The Hall–Kier alpha value is -1.60. The normalized spacial score (nSPS) is 11.6. The van der Waals surface area contributed by atoms with E-state index in [-0.39, 0.29) is 10.7 Å². The average molecular weight is 310 g/mol. The highest BCUT2D eigenvalue weighted by molar-refractivity contribution is 6.68. The van der Waals surface area contributed by atoms with Crippen LogP contribution < -0.4 is 0 Å². The molecule has 4 nitrogen and oxygen atoms in total. The van der Waals surface area contributed by atoms with Gasteiger partial charge in [-0.25, -0.2) is 0 Å². The predicted molar refractivity (Wildman–Crippen MR) is 62.0 cm³/mol. The van der Waals surface area contributed by atoms with Gasteiger partial charge >= 0.3 is 6.18 Å². The Labute approximate surface area is 114 Å². The summed E-state index contributed by atoms with van der Waals surface area (Å²) in [5.41, 5.74) is -2.57. The Morgan fingerprint density at radius 2 is 2.05 bits per heavy atom. The molecule has 0 saturated heterocycles. The van der Waals surface area contributed by atoms with E-state index in [9.17, 15) is 18.0 Å². The number of H-pyrrole nitrogens is 1. The lowest BCUT2D eigenvalue weighted by molar-refractivity contribution is -0.140. The monoisotopic (exact) mass is 309 g/mol. The average Bonchev–Trinajstić information content (AvgIpc) is 2.73. The molecular weight excluding hydrogens is 306 g/mol. The smallest absolute Gasteiger partial charge is 0.274 e. The van der Waals surface area contributed by atoms with Crippen LogP contribution in [-0.2, 0) is 6.18 Å². The van der Waals surface area contributed by atoms with Gasteiger partial charge in [-0.2, -0.15) is 18.3 Å². The molecule has 0 saturated carbocycles. The molecule has 9 heteroatoms. The number of hydrogen-bond donors (Lipinski definition) is 1. The number of aromatic amines is 1. The fourth-order valence-electron chi connectivity index (χ4n) is 1.49. The van der Waals surface area contributed by atoms with Crippen molar-refractivity contribution in [3.8, 4) is 11.3 Å². The van der Waals surface area contributed by atoms with E-state index < -0.39 is 28.4 Å². The van der Waals surface area contributed by atoms with Gasteiger partial charge in [0.05, 0.1) is 16.3 Å². The number of rotatable bonds is 2. The molecule has 0 spiro atoms. The van der Waals surface area contributed by atoms with Gasteiger partial charge in [-0.05, 0) is 23.7 Å². The summed E-state index contributed by atoms with van der Waals surface area (Å²) in [4.78, 5) is 14.9. The number of halogens is 5. The summed E-state index contributed by atoms with van der Waals surface area (Å²) < 4.78 is 38.5. The second-order valence-corrected chi connectivity index (χ2v) is 4.18. The van der Waals surface area contributed by atoms with Crippen LogP contribution in [0, 0.1) is 0 Å². The summed E-state index contributed by atoms with van der Waals surface area (Å²) in [6, 6.07) is 2.79. The van der Waals surface area contributed by atoms with Crippen LogP contribution in [0.25, 0.3) is 11.3 Å². The molecule has 0 unspecified atom stereocenters. The molecule has 0 radical (unpaired) electrons. The minimum Gasteiger partial charge on any atom is -0.274 e. The molecule has 0 aromatic carbocycles. The lowest BCUT2D eigenvalue weighted by Gasteiger charge is -2.08. The van der Waals surface area contributed by atoms with Crippen LogP contribution in [0.3, 0.4) is 0 Å². The number of carbonyl (C=O) groups excluding carboxylic acids is 1. The van der Waals surface area contributed by atoms with Crippen LogP contribution in [0.4, 0.5) is 13.2 Å². The number of nitrogens with zero attached hydrogens (tertiary/aromatic N) is 2. The van der Waals surface area contributed by atoms with Gasteiger partial charge in [0, 0.05) is 6.20 Å². The van der Waals surface area contributed by atoms with Crippen molar-refractivity contribution in [3.05, 3.63) is 34.7 Å². The lowest BCUT2D eigenvalue weighted by Crippen LogP contribution is -2.08. The summed E-state index contributed by atoms with van der Waals surface area (Å²) >= 11 is 11.0. The van der Waals surface area contributed by atoms with Crippen molar-refractivity contribution in [2.45, 2.75) is 6.18 Å². The largest absolute Gasteiger partial charge is 0.433 e. The SMILES string of the molecule is O=C(Cl)c1n[nH]c(C(F)(F)F)c1-c1ncccc1Cl. The van der Waals surface area contributed by atoms with Crippen molar-refractivity contribution in [2.75, 3.05) is 0 Å². The van der Waals surface area contributed by atoms with Crippen LogP contribution in [0.5, 0.6) is 0 Å². The first kappa shape index (κ1) is 13.8. The van der Waals surface area contributed by atoms with Crippen LogP contribution in [0.1, 0.15) is 16.2 Å². The summed E-state index contributed by atoms with van der Waals surface area (Å²) in [5, 5.41) is 3.83. The molecule has 100 valence electrons. The minimum absolute atomic E-state index is 0.0476. The third kappa shape index (κ3) is 2.57. The van der Waals surface area contributed by atoms with Crippen LogP contribution in [0.2, 0.25) is 5.02 Å². The van der Waals surface area contributed by atoms with E-state index in [1.165, 1.54) is 18.3 Å². The van der Waals surface area contributed by atoms with Crippen molar-refractivity contribution in [3.63, 3.8) is 0 Å². The van der Waals surface area contributed by atoms with Crippen molar-refractivity contribution >= 4 is 28.4 Å². The maximum atomic E-state index is 12.8. The molecule has 19 heavy (non-hydrogen) atoms. The van der Waals surface area contributed by atoms with E-state index in [2.05, 4.69) is 10.1 Å². The van der Waals surface area contributed by atoms with Crippen LogP contribution in [0.15, 0.2) is 18.3 Å². The Morgan fingerprint density at radius 3 is 2.58 bits per heavy atom. The van der Waals surface area contributed by atoms with Gasteiger partial charge in [0.1, 0.15) is 5.69 Å². The molecular formula is C10H4Cl2F3N3O. The van der Waals surface area contributed by atoms with Gasteiger partial charge in [0.15, 0.2) is 5.69 Å². The first-order valence-electron chi connectivity index (χ1n) is 4.78. The molecule has 0 aliphatic heterocycles. The third-order valence-electron chi connectivity index (χ3n) is 2.23. The van der Waals surface area contributed by atoms with Gasteiger partial charge in [0.2, 0.25) is 0 Å². The van der Waals surface area contributed by atoms with Gasteiger partial charge in [0.25, 0.3) is 5.24 Å². The van der Waals surface area contributed by atoms with Crippen molar-refractivity contribution in [1.29, 1.82) is 0 Å². The third-order valence-corrected chi connectivity index (χ3v) is 2.72. The van der Waals surface area contributed by atoms with Crippen LogP contribution in [-0.4, -0.2) is 20.4 Å². The molecule has 2 heterocycles. The van der Waals surface area contributed by atoms with Gasteiger partial charge in [-0.3, -0.25) is 14.9 Å². The van der Waals surface area contributed by atoms with Gasteiger partial charge < -0.3 is 0 Å². The number of aromatic nitrogens is 3. The van der Waals surface area contributed by atoms with E-state index in [1.54, 1.807) is 5.10 Å². The summed E-state index contributed by atoms with van der Waals surface area (Å²) in [5.74, 6) is 0. The minimum atomic E-state index is -4.74. The van der Waals surface area contributed by atoms with Crippen molar-refractivity contribution in [1.82, 2.24) is 15.2 Å². The number of carbonyl (C=O) groups is 1. The highest BCUT2D eigenvalue weighted by atomic mass is 35.5. The zero-order valence-electron chi connectivity index (χ0n) is 8.92. The van der Waals surface area contributed by atoms with Crippen molar-refractivity contribution in [2.24, 2.45) is 0 Å². The van der Waals surface area contributed by atoms with Gasteiger partial charge in [-0.1, -0.05) is 11.6 Å². The van der Waals surface area contributed by atoms with E-state index in [0.29, 0.717) is 0 Å². The summed E-state index contributed by atoms with van der Waals surface area (Å²) in [7, 11) is 0. The lowest BCUT2D eigenvalue weighted by atomic mass is 10.1. The Morgan fingerprint density at radius 1 is 1.37 bits per heavy atom. The number of pyridine rings is 1. The molecule has 0 aliphatic carbocycles. The molecule has 2 rings (SSSR count). The Balaban J connectivity index is 2.77. The number of alkyl halides is 3. The van der Waals surface area contributed by atoms with E-state index in [0.717, 1.165) is 0 Å². The predicted octanol–water partition coefficient (Wildman–Crippen LogP) is 3.52. The zero-order valence-corrected chi connectivity index (χ0v) is 10.4. The standard InChI is InChI=1S/C10H4Cl2F3N3O/c11-4-2-1-3-16-6(4)5-7(9(12)19)17-18-8(5)10(13,14)15/h1-3H,(H,17,18). The molecule has 2 aromatic rings. The first-order chi connectivity index (χ1) is 8.82. The van der Waals surface area contributed by atoms with Crippen LogP contribution >= 0.6 is 23.2 Å². The molecule has 2 aromatic heterocycles. The number of nitrogens with one attached hydrogen (secondary N) is 1. The maximum absolute atomic E-state index is 12.8. The summed E-state index contributed by atoms with van der Waals surface area (Å²) in [6.07, 6.45) is -3.50. The molecule has 1 N–H and O–H groups in total. The zero-order chi connectivity index (χ0) is 14.2. The Bertz CT molecular complexity index is 639. The quantitative estimate of drug-likeness (QED) is 0.863. The molecule has 0 atom stereocenters. The van der Waals surface area contributed by atoms with E-state index >= 15 is 0 Å². The van der Waals surface area contributed by atoms with E-state index in [1.807, 2.05) is 0 Å².